The van der Waals surface area contributed by atoms with E-state index in [0.717, 1.165) is 5.71 Å². The van der Waals surface area contributed by atoms with Crippen LogP contribution in [0.2, 0.25) is 0 Å². The van der Waals surface area contributed by atoms with Crippen LogP contribution in [-0.4, -0.2) is 12.8 Å². The molecule has 2 atom stereocenters. The predicted molar refractivity (Wildman–Crippen MR) is 110 cm³/mol. The molecule has 2 rings (SSSR count). The second-order valence-electron chi connectivity index (χ2n) is 5.25. The van der Waals surface area contributed by atoms with Gasteiger partial charge in [0.2, 0.25) is 0 Å². The van der Waals surface area contributed by atoms with Crippen LogP contribution in [0, 0.1) is 7.14 Å². The summed E-state index contributed by atoms with van der Waals surface area (Å²) in [4.78, 5) is 5.12. The predicted octanol–water partition coefficient (Wildman–Crippen LogP) is 5.81. The van der Waals surface area contributed by atoms with Gasteiger partial charge in [-0.15, -0.1) is 0 Å². The highest BCUT2D eigenvalue weighted by Crippen LogP contribution is 2.28. The van der Waals surface area contributed by atoms with Crippen molar-refractivity contribution >= 4 is 50.9 Å². The van der Waals surface area contributed by atoms with Crippen LogP contribution in [-0.2, 0) is 4.84 Å². The van der Waals surface area contributed by atoms with Crippen molar-refractivity contribution in [3.05, 3.63) is 66.8 Å². The first kappa shape index (κ1) is 17.7. The molecule has 0 N–H and O–H groups in total. The highest BCUT2D eigenvalue weighted by molar-refractivity contribution is 14.1. The Hall–Kier alpha value is -0.630. The van der Waals surface area contributed by atoms with Crippen LogP contribution in [0.25, 0.3) is 0 Å². The summed E-state index contributed by atoms with van der Waals surface area (Å²) in [7, 11) is 1.61. The molecule has 116 valence electrons. The van der Waals surface area contributed by atoms with Crippen molar-refractivity contribution in [3.63, 3.8) is 0 Å². The molecule has 2 aromatic carbocycles. The maximum absolute atomic E-state index is 5.12. The molecule has 0 saturated heterocycles. The molecule has 22 heavy (non-hydrogen) atoms. The summed E-state index contributed by atoms with van der Waals surface area (Å²) in [6.45, 7) is 4.37. The van der Waals surface area contributed by atoms with Crippen LogP contribution in [0.5, 0.6) is 0 Å². The molecule has 0 radical (unpaired) electrons. The molecule has 0 heterocycles. The minimum atomic E-state index is 0.214. The summed E-state index contributed by atoms with van der Waals surface area (Å²) in [6.07, 6.45) is 0. The Kier molecular flexibility index (Phi) is 6.67. The van der Waals surface area contributed by atoms with Crippen molar-refractivity contribution in [1.82, 2.24) is 0 Å². The van der Waals surface area contributed by atoms with Crippen molar-refractivity contribution in [2.75, 3.05) is 7.11 Å². The van der Waals surface area contributed by atoms with Crippen LogP contribution in [0.15, 0.2) is 53.7 Å². The molecule has 0 aliphatic heterocycles. The van der Waals surface area contributed by atoms with Crippen molar-refractivity contribution in [1.29, 1.82) is 0 Å². The maximum Gasteiger partial charge on any atom is 0.106 e. The van der Waals surface area contributed by atoms with Gasteiger partial charge in [-0.1, -0.05) is 43.3 Å². The van der Waals surface area contributed by atoms with Gasteiger partial charge in [-0.05, 0) is 80.6 Å². The van der Waals surface area contributed by atoms with E-state index in [1.165, 1.54) is 18.3 Å². The lowest BCUT2D eigenvalue weighted by atomic mass is 9.85. The summed E-state index contributed by atoms with van der Waals surface area (Å²) in [5.74, 6) is 0.428. The van der Waals surface area contributed by atoms with E-state index in [0.29, 0.717) is 0 Å². The van der Waals surface area contributed by atoms with Gasteiger partial charge in [-0.2, -0.15) is 0 Å². The van der Waals surface area contributed by atoms with Crippen LogP contribution in [0.4, 0.5) is 0 Å². The minimum Gasteiger partial charge on any atom is -0.399 e. The lowest BCUT2D eigenvalue weighted by molar-refractivity contribution is 0.210. The van der Waals surface area contributed by atoms with Gasteiger partial charge < -0.3 is 4.84 Å². The van der Waals surface area contributed by atoms with Gasteiger partial charge in [0.05, 0.1) is 5.71 Å². The number of nitrogens with zero attached hydrogens (tertiary/aromatic N) is 1. The third-order valence-corrected chi connectivity index (χ3v) is 5.26. The van der Waals surface area contributed by atoms with Crippen LogP contribution < -0.4 is 0 Å². The Morgan fingerprint density at radius 2 is 1.18 bits per heavy atom. The first-order chi connectivity index (χ1) is 10.5. The van der Waals surface area contributed by atoms with Crippen molar-refractivity contribution < 1.29 is 4.84 Å². The van der Waals surface area contributed by atoms with Gasteiger partial charge in [0.1, 0.15) is 7.11 Å². The van der Waals surface area contributed by atoms with Gasteiger partial charge in [-0.25, -0.2) is 0 Å². The normalized spacial score (nSPS) is 13.3. The van der Waals surface area contributed by atoms with Crippen LogP contribution >= 0.6 is 45.2 Å². The van der Waals surface area contributed by atoms with Gasteiger partial charge in [-0.3, -0.25) is 0 Å². The Bertz CT molecular complexity index is 582. The molecule has 0 aromatic heterocycles. The van der Waals surface area contributed by atoms with E-state index in [2.05, 4.69) is 113 Å². The van der Waals surface area contributed by atoms with Crippen molar-refractivity contribution in [2.45, 2.75) is 25.7 Å². The Balaban J connectivity index is 2.31. The van der Waals surface area contributed by atoms with E-state index < -0.39 is 0 Å². The maximum atomic E-state index is 5.12. The molecule has 0 aliphatic rings. The second kappa shape index (κ2) is 8.29. The van der Waals surface area contributed by atoms with E-state index in [1.807, 2.05) is 0 Å². The average Bonchev–Trinajstić information content (AvgIpc) is 2.53. The molecule has 2 unspecified atom stereocenters. The first-order valence-corrected chi connectivity index (χ1v) is 9.30. The Labute approximate surface area is 159 Å². The zero-order chi connectivity index (χ0) is 16.1. The standard InChI is InChI=1S/C18H19I2NO/c1-12(14-4-8-16(19)9-5-14)18(21-22-3)13(2)15-6-10-17(20)11-7-15/h4-13H,1-3H3. The fourth-order valence-corrected chi connectivity index (χ4v) is 3.20. The lowest BCUT2D eigenvalue weighted by Gasteiger charge is -2.21. The van der Waals surface area contributed by atoms with E-state index in [-0.39, 0.29) is 11.8 Å². The molecular weight excluding hydrogens is 500 g/mol. The number of hydrogen-bond acceptors (Lipinski definition) is 2. The SMILES string of the molecule is CON=C(C(C)c1ccc(I)cc1)C(C)c1ccc(I)cc1. The highest BCUT2D eigenvalue weighted by Gasteiger charge is 2.21. The first-order valence-electron chi connectivity index (χ1n) is 7.14. The molecule has 0 bridgehead atoms. The van der Waals surface area contributed by atoms with E-state index in [4.69, 9.17) is 4.84 Å². The number of rotatable bonds is 5. The molecule has 0 spiro atoms. The van der Waals surface area contributed by atoms with Crippen LogP contribution in [0.1, 0.15) is 36.8 Å². The lowest BCUT2D eigenvalue weighted by Crippen LogP contribution is -2.17. The fourth-order valence-electron chi connectivity index (χ4n) is 2.48. The quantitative estimate of drug-likeness (QED) is 0.278. The molecular formula is C18H19I2NO. The number of halogens is 2. The monoisotopic (exact) mass is 519 g/mol. The van der Waals surface area contributed by atoms with E-state index >= 15 is 0 Å². The largest absolute Gasteiger partial charge is 0.399 e. The topological polar surface area (TPSA) is 21.6 Å². The summed E-state index contributed by atoms with van der Waals surface area (Å²) >= 11 is 4.65. The van der Waals surface area contributed by atoms with E-state index in [1.54, 1.807) is 7.11 Å². The Morgan fingerprint density at radius 3 is 1.50 bits per heavy atom. The van der Waals surface area contributed by atoms with E-state index in [9.17, 15) is 0 Å². The summed E-state index contributed by atoms with van der Waals surface area (Å²) in [5.41, 5.74) is 3.56. The number of oxime groups is 1. The van der Waals surface area contributed by atoms with Gasteiger partial charge in [0, 0.05) is 19.0 Å². The summed E-state index contributed by atoms with van der Waals surface area (Å²) in [5, 5.41) is 4.33. The third-order valence-electron chi connectivity index (χ3n) is 3.82. The summed E-state index contributed by atoms with van der Waals surface area (Å²) < 4.78 is 2.48. The van der Waals surface area contributed by atoms with Crippen molar-refractivity contribution in [3.8, 4) is 0 Å². The molecule has 2 aromatic rings. The molecule has 0 fully saturated rings. The number of benzene rings is 2. The van der Waals surface area contributed by atoms with Gasteiger partial charge in [0.25, 0.3) is 0 Å². The zero-order valence-corrected chi connectivity index (χ0v) is 17.2. The smallest absolute Gasteiger partial charge is 0.106 e. The summed E-state index contributed by atoms with van der Waals surface area (Å²) in [6, 6.07) is 17.2. The molecule has 0 amide bonds. The average molecular weight is 519 g/mol. The van der Waals surface area contributed by atoms with Crippen LogP contribution in [0.3, 0.4) is 0 Å². The fraction of sp³-hybridized carbons (Fsp3) is 0.278. The third kappa shape index (κ3) is 4.44. The van der Waals surface area contributed by atoms with Crippen molar-refractivity contribution in [2.24, 2.45) is 5.16 Å². The molecule has 4 heteroatoms. The van der Waals surface area contributed by atoms with Gasteiger partial charge >= 0.3 is 0 Å². The van der Waals surface area contributed by atoms with Gasteiger partial charge in [0.15, 0.2) is 0 Å². The Morgan fingerprint density at radius 1 is 0.818 bits per heavy atom. The highest BCUT2D eigenvalue weighted by atomic mass is 127. The molecule has 0 saturated carbocycles. The second-order valence-corrected chi connectivity index (χ2v) is 7.74. The molecule has 0 aliphatic carbocycles. The minimum absolute atomic E-state index is 0.214. The zero-order valence-electron chi connectivity index (χ0n) is 12.9. The molecule has 2 nitrogen and oxygen atoms in total. The number of hydrogen-bond donors (Lipinski definition) is 0.